The number of rotatable bonds is 18. The summed E-state index contributed by atoms with van der Waals surface area (Å²) in [5, 5.41) is 17.0. The number of methoxy groups -OCH3 is 2. The van der Waals surface area contributed by atoms with Gasteiger partial charge in [-0.05, 0) is 70.5 Å². The average molecular weight is 808 g/mol. The van der Waals surface area contributed by atoms with Gasteiger partial charge in [0.2, 0.25) is 23.5 Å². The number of hydrogen-bond acceptors (Lipinski definition) is 9. The van der Waals surface area contributed by atoms with Gasteiger partial charge in [-0.2, -0.15) is 9.97 Å². The lowest BCUT2D eigenvalue weighted by Crippen LogP contribution is -2.28. The van der Waals surface area contributed by atoms with Gasteiger partial charge in [-0.1, -0.05) is 120 Å². The van der Waals surface area contributed by atoms with Gasteiger partial charge in [0.25, 0.3) is 0 Å². The van der Waals surface area contributed by atoms with Crippen LogP contribution < -0.4 is 29.6 Å². The van der Waals surface area contributed by atoms with Gasteiger partial charge in [0, 0.05) is 30.8 Å². The zero-order valence-corrected chi connectivity index (χ0v) is 33.7. The van der Waals surface area contributed by atoms with Crippen LogP contribution in [-0.4, -0.2) is 35.3 Å². The molecule has 0 radical (unpaired) electrons. The number of halogens is 2. The summed E-state index contributed by atoms with van der Waals surface area (Å²) in [5.41, 5.74) is 9.35. The molecule has 0 aliphatic carbocycles. The van der Waals surface area contributed by atoms with Crippen LogP contribution in [0.5, 0.6) is 23.5 Å². The van der Waals surface area contributed by atoms with Crippen molar-refractivity contribution in [2.24, 2.45) is 0 Å². The topological polar surface area (TPSA) is 124 Å². The van der Waals surface area contributed by atoms with Gasteiger partial charge in [0.05, 0.1) is 14.2 Å². The fourth-order valence-corrected chi connectivity index (χ4v) is 6.95. The number of nitrogens with one attached hydrogen (secondary N) is 2. The van der Waals surface area contributed by atoms with Crippen LogP contribution in [-0.2, 0) is 37.6 Å². The number of carboxylic acids is 1. The minimum atomic E-state index is -1.00. The van der Waals surface area contributed by atoms with E-state index in [1.165, 1.54) is 12.7 Å². The predicted octanol–water partition coefficient (Wildman–Crippen LogP) is 9.45. The van der Waals surface area contributed by atoms with E-state index < -0.39 is 12.0 Å². The molecule has 10 nitrogen and oxygen atoms in total. The number of aromatic nitrogens is 2. The highest BCUT2D eigenvalue weighted by Gasteiger charge is 2.21. The van der Waals surface area contributed by atoms with E-state index in [0.29, 0.717) is 41.0 Å². The van der Waals surface area contributed by atoms with Crippen LogP contribution in [0.15, 0.2) is 109 Å². The fourth-order valence-electron chi connectivity index (χ4n) is 6.50. The fraction of sp³-hybridized carbons (Fsp3) is 0.222. The lowest BCUT2D eigenvalue weighted by molar-refractivity contribution is -0.139. The number of pyridine rings is 2. The predicted molar refractivity (Wildman–Crippen MR) is 222 cm³/mol. The molecule has 0 saturated carbocycles. The standard InChI is InChI=1S/C45H44Cl2N4O6/c1-28-32(26-56-43-38(46)21-34(41(50-43)54-3)24-48-23-30-13-7-5-8-14-30)17-11-19-36(28)37-20-12-18-33(29(37)2)27-57-44-39(47)22-35(42(51-44)55-4)25-49-40(45(52)53)31-15-9-6-10-16-31/h5-22,40,48-49H,23-27H2,1-4H3,(H,52,53)/t40-/m0/s1. The van der Waals surface area contributed by atoms with Gasteiger partial charge in [0.15, 0.2) is 0 Å². The lowest BCUT2D eigenvalue weighted by Gasteiger charge is -2.18. The number of nitrogens with zero attached hydrogens (tertiary/aromatic N) is 2. The first-order valence-corrected chi connectivity index (χ1v) is 19.1. The van der Waals surface area contributed by atoms with Crippen LogP contribution in [0.2, 0.25) is 10.0 Å². The van der Waals surface area contributed by atoms with Crippen molar-refractivity contribution in [1.29, 1.82) is 0 Å². The Morgan fingerprint density at radius 2 is 1.12 bits per heavy atom. The van der Waals surface area contributed by atoms with Crippen molar-refractivity contribution in [1.82, 2.24) is 20.6 Å². The summed E-state index contributed by atoms with van der Waals surface area (Å²) < 4.78 is 23.5. The first kappa shape index (κ1) is 41.0. The van der Waals surface area contributed by atoms with E-state index >= 15 is 0 Å². The van der Waals surface area contributed by atoms with Gasteiger partial charge in [-0.25, -0.2) is 0 Å². The number of carboxylic acid groups (broad SMARTS) is 1. The third-order valence-electron chi connectivity index (χ3n) is 9.63. The van der Waals surface area contributed by atoms with Gasteiger partial charge >= 0.3 is 5.97 Å². The Morgan fingerprint density at radius 3 is 1.61 bits per heavy atom. The molecule has 0 spiro atoms. The zero-order chi connectivity index (χ0) is 40.3. The number of benzene rings is 4. The van der Waals surface area contributed by atoms with Crippen LogP contribution >= 0.6 is 23.2 Å². The molecule has 0 bridgehead atoms. The zero-order valence-electron chi connectivity index (χ0n) is 32.1. The third kappa shape index (κ3) is 10.2. The molecular formula is C45H44Cl2N4O6. The van der Waals surface area contributed by atoms with Crippen LogP contribution in [0.3, 0.4) is 0 Å². The lowest BCUT2D eigenvalue weighted by atomic mass is 9.92. The molecule has 0 aliphatic rings. The minimum absolute atomic E-state index is 0.157. The monoisotopic (exact) mass is 806 g/mol. The van der Waals surface area contributed by atoms with E-state index in [0.717, 1.165) is 38.9 Å². The summed E-state index contributed by atoms with van der Waals surface area (Å²) in [7, 11) is 3.08. The Hall–Kier alpha value is -5.65. The highest BCUT2D eigenvalue weighted by Crippen LogP contribution is 2.34. The quantitative estimate of drug-likeness (QED) is 0.0774. The number of aliphatic carboxylic acids is 1. The Kier molecular flexibility index (Phi) is 14.0. The molecule has 0 unspecified atom stereocenters. The summed E-state index contributed by atoms with van der Waals surface area (Å²) in [6, 6.07) is 33.9. The largest absolute Gasteiger partial charge is 0.481 e. The average Bonchev–Trinajstić information content (AvgIpc) is 3.22. The van der Waals surface area contributed by atoms with Crippen molar-refractivity contribution in [2.75, 3.05) is 14.2 Å². The maximum atomic E-state index is 12.0. The SMILES string of the molecule is COc1nc(OCc2cccc(-c3cccc(COc4nc(OC)c(CN[C@H](C(=O)O)c5ccccc5)cc4Cl)c3C)c2C)c(Cl)cc1CNCc1ccccc1. The van der Waals surface area contributed by atoms with Gasteiger partial charge in [-0.15, -0.1) is 0 Å². The van der Waals surface area contributed by atoms with E-state index in [9.17, 15) is 9.90 Å². The molecule has 6 rings (SSSR count). The molecular weight excluding hydrogens is 763 g/mol. The first-order chi connectivity index (χ1) is 27.7. The van der Waals surface area contributed by atoms with E-state index in [-0.39, 0.29) is 36.5 Å². The van der Waals surface area contributed by atoms with Crippen LogP contribution in [0.1, 0.15) is 50.5 Å². The van der Waals surface area contributed by atoms with E-state index in [1.54, 1.807) is 37.4 Å². The van der Waals surface area contributed by atoms with Crippen molar-refractivity contribution in [2.45, 2.75) is 52.7 Å². The number of ether oxygens (including phenoxy) is 4. The molecule has 2 heterocycles. The molecule has 294 valence electrons. The minimum Gasteiger partial charge on any atom is -0.481 e. The maximum Gasteiger partial charge on any atom is 0.325 e. The third-order valence-corrected chi connectivity index (χ3v) is 10.2. The summed E-state index contributed by atoms with van der Waals surface area (Å²) >= 11 is 13.3. The van der Waals surface area contributed by atoms with Gasteiger partial charge < -0.3 is 29.4 Å². The molecule has 0 saturated heterocycles. The van der Waals surface area contributed by atoms with Crippen molar-refractivity contribution < 1.29 is 28.8 Å². The van der Waals surface area contributed by atoms with Gasteiger partial charge in [0.1, 0.15) is 29.3 Å². The Bertz CT molecular complexity index is 2310. The number of hydrogen-bond donors (Lipinski definition) is 3. The second-order valence-corrected chi connectivity index (χ2v) is 14.1. The van der Waals surface area contributed by atoms with Crippen LogP contribution in [0, 0.1) is 13.8 Å². The highest BCUT2D eigenvalue weighted by molar-refractivity contribution is 6.32. The van der Waals surface area contributed by atoms with Crippen LogP contribution in [0.25, 0.3) is 11.1 Å². The summed E-state index contributed by atoms with van der Waals surface area (Å²) in [5.74, 6) is 0.229. The number of carbonyl (C=O) groups is 1. The second kappa shape index (κ2) is 19.5. The van der Waals surface area contributed by atoms with Crippen molar-refractivity contribution in [3.63, 3.8) is 0 Å². The smallest absolute Gasteiger partial charge is 0.325 e. The molecule has 0 aliphatic heterocycles. The maximum absolute atomic E-state index is 12.0. The summed E-state index contributed by atoms with van der Waals surface area (Å²) in [4.78, 5) is 21.1. The van der Waals surface area contributed by atoms with Crippen molar-refractivity contribution in [3.05, 3.63) is 164 Å². The first-order valence-electron chi connectivity index (χ1n) is 18.3. The molecule has 6 aromatic rings. The van der Waals surface area contributed by atoms with Crippen LogP contribution in [0.4, 0.5) is 0 Å². The molecule has 12 heteroatoms. The Morgan fingerprint density at radius 1 is 0.632 bits per heavy atom. The molecule has 0 fully saturated rings. The van der Waals surface area contributed by atoms with E-state index in [4.69, 9.17) is 42.1 Å². The van der Waals surface area contributed by atoms with Gasteiger partial charge in [-0.3, -0.25) is 10.1 Å². The molecule has 2 aromatic heterocycles. The Balaban J connectivity index is 1.12. The molecule has 57 heavy (non-hydrogen) atoms. The molecule has 1 atom stereocenters. The normalized spacial score (nSPS) is 11.5. The summed E-state index contributed by atoms with van der Waals surface area (Å²) in [6.45, 7) is 5.97. The molecule has 4 aromatic carbocycles. The van der Waals surface area contributed by atoms with E-state index in [1.807, 2.05) is 54.6 Å². The molecule has 3 N–H and O–H groups in total. The van der Waals surface area contributed by atoms with Crippen molar-refractivity contribution >= 4 is 29.2 Å². The Labute approximate surface area is 342 Å². The summed E-state index contributed by atoms with van der Waals surface area (Å²) in [6.07, 6.45) is 0. The van der Waals surface area contributed by atoms with E-state index in [2.05, 4.69) is 58.7 Å². The highest BCUT2D eigenvalue weighted by atomic mass is 35.5. The van der Waals surface area contributed by atoms with Crippen molar-refractivity contribution in [3.8, 4) is 34.6 Å². The second-order valence-electron chi connectivity index (χ2n) is 13.3. The molecule has 0 amide bonds.